The first kappa shape index (κ1) is 12.0. The van der Waals surface area contributed by atoms with Gasteiger partial charge in [0.05, 0.1) is 17.2 Å². The molecular weight excluding hydrogens is 243 g/mol. The van der Waals surface area contributed by atoms with Gasteiger partial charge in [0.2, 0.25) is 5.95 Å². The van der Waals surface area contributed by atoms with Crippen LogP contribution in [0.2, 0.25) is 0 Å². The van der Waals surface area contributed by atoms with Gasteiger partial charge in [-0.05, 0) is 24.5 Å². The Hall–Kier alpha value is -1.48. The van der Waals surface area contributed by atoms with E-state index >= 15 is 0 Å². The molecule has 6 heteroatoms. The molecule has 1 aliphatic carbocycles. The number of hydrogen-bond acceptors (Lipinski definition) is 4. The van der Waals surface area contributed by atoms with E-state index in [0.29, 0.717) is 18.4 Å². The van der Waals surface area contributed by atoms with Crippen LogP contribution >= 0.6 is 0 Å². The van der Waals surface area contributed by atoms with Gasteiger partial charge in [-0.25, -0.2) is 13.4 Å². The normalized spacial score (nSPS) is 17.5. The lowest BCUT2D eigenvalue weighted by molar-refractivity contribution is 0.536. The Labute approximate surface area is 99.0 Å². The van der Waals surface area contributed by atoms with Crippen molar-refractivity contribution in [1.29, 1.82) is 5.26 Å². The zero-order valence-corrected chi connectivity index (χ0v) is 10.1. The number of sulfone groups is 1. The summed E-state index contributed by atoms with van der Waals surface area (Å²) in [5, 5.41) is 9.01. The van der Waals surface area contributed by atoms with Gasteiger partial charge >= 0.3 is 0 Å². The topological polar surface area (TPSA) is 70.8 Å². The highest BCUT2D eigenvalue weighted by Gasteiger charge is 2.45. The molecule has 1 saturated carbocycles. The summed E-state index contributed by atoms with van der Waals surface area (Å²) in [5.74, 6) is -1.18. The molecule has 0 bridgehead atoms. The minimum atomic E-state index is -3.64. The number of nitrogens with zero attached hydrogens (tertiary/aromatic N) is 2. The average molecular weight is 254 g/mol. The quantitative estimate of drug-likeness (QED) is 0.768. The molecule has 0 unspecified atom stereocenters. The zero-order valence-electron chi connectivity index (χ0n) is 9.27. The van der Waals surface area contributed by atoms with Crippen LogP contribution in [0.5, 0.6) is 0 Å². The van der Waals surface area contributed by atoms with E-state index < -0.39 is 26.1 Å². The van der Waals surface area contributed by atoms with Gasteiger partial charge in [-0.2, -0.15) is 9.65 Å². The smallest absolute Gasteiger partial charge is 0.227 e. The molecule has 4 nitrogen and oxygen atoms in total. The first-order valence-corrected chi connectivity index (χ1v) is 6.90. The van der Waals surface area contributed by atoms with Gasteiger partial charge in [-0.15, -0.1) is 0 Å². The second kappa shape index (κ2) is 3.77. The van der Waals surface area contributed by atoms with Gasteiger partial charge in [0.15, 0.2) is 9.84 Å². The molecule has 0 spiro atoms. The van der Waals surface area contributed by atoms with Crippen molar-refractivity contribution in [3.05, 3.63) is 23.8 Å². The van der Waals surface area contributed by atoms with Crippen molar-refractivity contribution in [2.75, 3.05) is 5.75 Å². The fourth-order valence-electron chi connectivity index (χ4n) is 1.65. The maximum Gasteiger partial charge on any atom is 0.231 e. The molecule has 0 amide bonds. The Balaban J connectivity index is 2.56. The van der Waals surface area contributed by atoms with Crippen molar-refractivity contribution in [1.82, 2.24) is 4.98 Å². The lowest BCUT2D eigenvalue weighted by Crippen LogP contribution is -2.11. The number of pyridine rings is 1. The summed E-state index contributed by atoms with van der Waals surface area (Å²) < 4.78 is 36.7. The highest BCUT2D eigenvalue weighted by molar-refractivity contribution is 7.91. The fourth-order valence-corrected chi connectivity index (χ4v) is 2.58. The minimum absolute atomic E-state index is 0.186. The third kappa shape index (κ3) is 1.91. The predicted molar refractivity (Wildman–Crippen MR) is 58.4 cm³/mol. The van der Waals surface area contributed by atoms with Crippen molar-refractivity contribution in [3.8, 4) is 6.07 Å². The van der Waals surface area contributed by atoms with Crippen LogP contribution < -0.4 is 0 Å². The molecule has 1 aromatic heterocycles. The van der Waals surface area contributed by atoms with E-state index in [-0.39, 0.29) is 5.75 Å². The fraction of sp³-hybridized carbons (Fsp3) is 0.455. The number of halogens is 1. The first-order valence-electron chi connectivity index (χ1n) is 5.25. The van der Waals surface area contributed by atoms with Gasteiger partial charge in [0, 0.05) is 6.20 Å². The highest BCUT2D eigenvalue weighted by atomic mass is 32.2. The molecule has 17 heavy (non-hydrogen) atoms. The summed E-state index contributed by atoms with van der Waals surface area (Å²) in [6.07, 6.45) is 2.59. The Morgan fingerprint density at radius 1 is 1.59 bits per heavy atom. The predicted octanol–water partition coefficient (Wildman–Crippen LogP) is 1.57. The number of hydrogen-bond donors (Lipinski definition) is 0. The van der Waals surface area contributed by atoms with Gasteiger partial charge in [-0.1, -0.05) is 6.92 Å². The van der Waals surface area contributed by atoms with E-state index in [0.717, 1.165) is 0 Å². The van der Waals surface area contributed by atoms with Gasteiger partial charge < -0.3 is 0 Å². The SMILES string of the molecule is CCS(=O)(=O)c1cc(C2(C#N)CC2)cnc1F. The Kier molecular flexibility index (Phi) is 2.66. The van der Waals surface area contributed by atoms with Crippen LogP contribution in [0.15, 0.2) is 17.2 Å². The third-order valence-electron chi connectivity index (χ3n) is 3.04. The largest absolute Gasteiger partial charge is 0.231 e. The number of rotatable bonds is 3. The highest BCUT2D eigenvalue weighted by Crippen LogP contribution is 2.47. The molecule has 0 saturated heterocycles. The van der Waals surface area contributed by atoms with E-state index in [1.165, 1.54) is 19.2 Å². The summed E-state index contributed by atoms with van der Waals surface area (Å²) in [6, 6.07) is 3.37. The Morgan fingerprint density at radius 3 is 2.71 bits per heavy atom. The molecule has 0 radical (unpaired) electrons. The summed E-state index contributed by atoms with van der Waals surface area (Å²) in [5.41, 5.74) is -0.160. The van der Waals surface area contributed by atoms with E-state index in [1.807, 2.05) is 0 Å². The first-order chi connectivity index (χ1) is 7.95. The molecule has 0 aliphatic heterocycles. The molecule has 90 valence electrons. The Morgan fingerprint density at radius 2 is 2.24 bits per heavy atom. The standard InChI is InChI=1S/C11H11FN2O2S/c1-2-17(15,16)9-5-8(6-14-10(9)12)11(7-13)3-4-11/h5-6H,2-4H2,1H3. The average Bonchev–Trinajstić information content (AvgIpc) is 3.10. The maximum atomic E-state index is 13.4. The molecule has 1 aliphatic rings. The summed E-state index contributed by atoms with van der Waals surface area (Å²) in [6.45, 7) is 1.44. The minimum Gasteiger partial charge on any atom is -0.227 e. The monoisotopic (exact) mass is 254 g/mol. The molecule has 0 atom stereocenters. The van der Waals surface area contributed by atoms with Crippen LogP contribution in [0.25, 0.3) is 0 Å². The molecule has 0 N–H and O–H groups in total. The lowest BCUT2D eigenvalue weighted by atomic mass is 10.0. The summed E-state index contributed by atoms with van der Waals surface area (Å²) in [7, 11) is -3.64. The van der Waals surface area contributed by atoms with E-state index in [1.54, 1.807) is 0 Å². The van der Waals surface area contributed by atoms with Crippen molar-refractivity contribution in [2.24, 2.45) is 0 Å². The summed E-state index contributed by atoms with van der Waals surface area (Å²) in [4.78, 5) is 3.05. The van der Waals surface area contributed by atoms with Crippen LogP contribution in [-0.2, 0) is 15.3 Å². The van der Waals surface area contributed by atoms with Crippen LogP contribution in [0, 0.1) is 17.3 Å². The van der Waals surface area contributed by atoms with Crippen molar-refractivity contribution in [2.45, 2.75) is 30.1 Å². The second-order valence-corrected chi connectivity index (χ2v) is 6.36. The molecule has 2 rings (SSSR count). The number of aromatic nitrogens is 1. The molecule has 0 aromatic carbocycles. The summed E-state index contributed by atoms with van der Waals surface area (Å²) >= 11 is 0. The van der Waals surface area contributed by atoms with Gasteiger partial charge in [0.25, 0.3) is 0 Å². The molecule has 1 aromatic rings. The van der Waals surface area contributed by atoms with E-state index in [4.69, 9.17) is 5.26 Å². The van der Waals surface area contributed by atoms with Crippen LogP contribution in [0.1, 0.15) is 25.3 Å². The lowest BCUT2D eigenvalue weighted by Gasteiger charge is -2.08. The number of nitriles is 1. The van der Waals surface area contributed by atoms with Crippen LogP contribution in [0.4, 0.5) is 4.39 Å². The van der Waals surface area contributed by atoms with Crippen LogP contribution in [-0.4, -0.2) is 19.2 Å². The van der Waals surface area contributed by atoms with E-state index in [2.05, 4.69) is 11.1 Å². The Bertz CT molecular complexity index is 600. The van der Waals surface area contributed by atoms with Crippen LogP contribution in [0.3, 0.4) is 0 Å². The maximum absolute atomic E-state index is 13.4. The van der Waals surface area contributed by atoms with Crippen molar-refractivity contribution >= 4 is 9.84 Å². The molecule has 1 heterocycles. The van der Waals surface area contributed by atoms with Gasteiger partial charge in [-0.3, -0.25) is 0 Å². The zero-order chi connectivity index (χ0) is 12.7. The van der Waals surface area contributed by atoms with E-state index in [9.17, 15) is 12.8 Å². The third-order valence-corrected chi connectivity index (χ3v) is 4.76. The molecule has 1 fully saturated rings. The van der Waals surface area contributed by atoms with Gasteiger partial charge in [0.1, 0.15) is 4.90 Å². The molecular formula is C11H11FN2O2S. The second-order valence-electron chi connectivity index (χ2n) is 4.11. The van der Waals surface area contributed by atoms with Crippen molar-refractivity contribution in [3.63, 3.8) is 0 Å². The van der Waals surface area contributed by atoms with Crippen molar-refractivity contribution < 1.29 is 12.8 Å².